The first-order valence-corrected chi connectivity index (χ1v) is 6.68. The van der Waals surface area contributed by atoms with Crippen molar-refractivity contribution in [3.63, 3.8) is 0 Å². The average Bonchev–Trinajstić information content (AvgIpc) is 2.39. The zero-order valence-electron chi connectivity index (χ0n) is 10.3. The molecule has 0 aromatic heterocycles. The van der Waals surface area contributed by atoms with Gasteiger partial charge in [0.1, 0.15) is 5.92 Å². The van der Waals surface area contributed by atoms with Crippen LogP contribution in [0.3, 0.4) is 0 Å². The predicted octanol–water partition coefficient (Wildman–Crippen LogP) is 4.65. The zero-order chi connectivity index (χ0) is 14.6. The minimum absolute atomic E-state index is 0.0339. The molecule has 0 radical (unpaired) electrons. The van der Waals surface area contributed by atoms with Gasteiger partial charge in [-0.3, -0.25) is 4.79 Å². The smallest absolute Gasteiger partial charge is 0.286 e. The van der Waals surface area contributed by atoms with Crippen molar-refractivity contribution in [1.82, 2.24) is 0 Å². The molecule has 0 bridgehead atoms. The summed E-state index contributed by atoms with van der Waals surface area (Å²) < 4.78 is 39.4. The second-order valence-corrected chi connectivity index (χ2v) is 5.20. The van der Waals surface area contributed by atoms with E-state index in [2.05, 4.69) is 0 Å². The molecule has 2 rings (SSSR count). The van der Waals surface area contributed by atoms with Crippen LogP contribution in [-0.2, 0) is 4.79 Å². The maximum atomic E-state index is 13.1. The second-order valence-electron chi connectivity index (χ2n) is 4.12. The fourth-order valence-corrected chi connectivity index (χ4v) is 2.68. The van der Waals surface area contributed by atoms with Crippen LogP contribution in [-0.4, -0.2) is 11.3 Å². The highest BCUT2D eigenvalue weighted by atomic mass is 32.2. The molecule has 0 spiro atoms. The predicted molar refractivity (Wildman–Crippen MR) is 72.5 cm³/mol. The fourth-order valence-electron chi connectivity index (χ4n) is 1.77. The van der Waals surface area contributed by atoms with Gasteiger partial charge >= 0.3 is 6.18 Å². The molecule has 104 valence electrons. The first-order chi connectivity index (χ1) is 9.48. The van der Waals surface area contributed by atoms with Crippen LogP contribution in [0.2, 0.25) is 0 Å². The Balaban J connectivity index is 2.26. The molecule has 0 aliphatic carbocycles. The van der Waals surface area contributed by atoms with E-state index in [1.54, 1.807) is 36.4 Å². The lowest BCUT2D eigenvalue weighted by Gasteiger charge is -2.19. The van der Waals surface area contributed by atoms with Crippen molar-refractivity contribution < 1.29 is 18.0 Å². The summed E-state index contributed by atoms with van der Waals surface area (Å²) in [6, 6.07) is 15.6. The summed E-state index contributed by atoms with van der Waals surface area (Å²) in [4.78, 5) is 12.5. The molecule has 0 aliphatic heterocycles. The Morgan fingerprint density at radius 1 is 0.900 bits per heavy atom. The summed E-state index contributed by atoms with van der Waals surface area (Å²) in [5, 5.41) is -0.921. The van der Waals surface area contributed by atoms with Gasteiger partial charge in [0.25, 0.3) is 0 Å². The van der Waals surface area contributed by atoms with E-state index in [1.807, 2.05) is 0 Å². The molecular formula is C15H11F3OS. The Hall–Kier alpha value is -1.75. The number of thioether (sulfide) groups is 1. The van der Waals surface area contributed by atoms with E-state index in [4.69, 9.17) is 0 Å². The first-order valence-electron chi connectivity index (χ1n) is 5.87. The van der Waals surface area contributed by atoms with E-state index in [1.165, 1.54) is 24.3 Å². The number of alkyl halides is 3. The monoisotopic (exact) mass is 296 g/mol. The van der Waals surface area contributed by atoms with E-state index in [0.717, 1.165) is 0 Å². The molecule has 1 atom stereocenters. The van der Waals surface area contributed by atoms with Gasteiger partial charge in [-0.2, -0.15) is 13.2 Å². The highest BCUT2D eigenvalue weighted by Crippen LogP contribution is 2.39. The summed E-state index contributed by atoms with van der Waals surface area (Å²) in [5.41, 5.74) is -0.0339. The van der Waals surface area contributed by atoms with Crippen molar-refractivity contribution >= 4 is 16.9 Å². The molecule has 1 nitrogen and oxygen atoms in total. The topological polar surface area (TPSA) is 17.1 Å². The number of carbonyl (C=O) groups is 1. The summed E-state index contributed by atoms with van der Waals surface area (Å²) >= 11 is 0.614. The highest BCUT2D eigenvalue weighted by molar-refractivity contribution is 8.13. The van der Waals surface area contributed by atoms with E-state index in [9.17, 15) is 18.0 Å². The molecular weight excluding hydrogens is 285 g/mol. The van der Waals surface area contributed by atoms with Crippen molar-refractivity contribution in [2.24, 2.45) is 0 Å². The second kappa shape index (κ2) is 6.13. The molecule has 0 amide bonds. The minimum Gasteiger partial charge on any atom is -0.286 e. The molecule has 0 N–H and O–H groups in total. The number of rotatable bonds is 3. The van der Waals surface area contributed by atoms with Gasteiger partial charge in [-0.05, 0) is 17.7 Å². The van der Waals surface area contributed by atoms with Gasteiger partial charge in [-0.15, -0.1) is 0 Å². The van der Waals surface area contributed by atoms with Crippen LogP contribution < -0.4 is 0 Å². The normalized spacial score (nSPS) is 12.9. The summed E-state index contributed by atoms with van der Waals surface area (Å²) in [5.74, 6) is -2.10. The molecule has 2 aromatic carbocycles. The van der Waals surface area contributed by atoms with Crippen molar-refractivity contribution in [1.29, 1.82) is 0 Å². The standard InChI is InChI=1S/C15H11F3OS/c16-15(17,18)13(11-7-3-1-4-8-11)14(19)20-12-9-5-2-6-10-12/h1-10,13H. The van der Waals surface area contributed by atoms with Crippen LogP contribution in [0.25, 0.3) is 0 Å². The van der Waals surface area contributed by atoms with Gasteiger partial charge in [-0.1, -0.05) is 60.3 Å². The van der Waals surface area contributed by atoms with Crippen molar-refractivity contribution in [2.75, 3.05) is 0 Å². The maximum absolute atomic E-state index is 13.1. The third kappa shape index (κ3) is 3.63. The van der Waals surface area contributed by atoms with Gasteiger partial charge in [0.05, 0.1) is 0 Å². The van der Waals surface area contributed by atoms with Crippen molar-refractivity contribution in [3.05, 3.63) is 66.2 Å². The van der Waals surface area contributed by atoms with Crippen LogP contribution in [0, 0.1) is 0 Å². The maximum Gasteiger partial charge on any atom is 0.403 e. The Kier molecular flexibility index (Phi) is 4.49. The largest absolute Gasteiger partial charge is 0.403 e. The molecule has 2 aromatic rings. The lowest BCUT2D eigenvalue weighted by Crippen LogP contribution is -2.26. The van der Waals surface area contributed by atoms with Gasteiger partial charge in [0.15, 0.2) is 0 Å². The number of carbonyl (C=O) groups excluding carboxylic acids is 1. The number of benzene rings is 2. The Morgan fingerprint density at radius 3 is 1.90 bits per heavy atom. The van der Waals surface area contributed by atoms with Gasteiger partial charge in [0, 0.05) is 4.90 Å². The molecule has 0 fully saturated rings. The van der Waals surface area contributed by atoms with E-state index in [-0.39, 0.29) is 5.56 Å². The van der Waals surface area contributed by atoms with Crippen LogP contribution in [0.1, 0.15) is 11.5 Å². The summed E-state index contributed by atoms with van der Waals surface area (Å²) in [6.45, 7) is 0. The third-order valence-corrected chi connectivity index (χ3v) is 3.60. The van der Waals surface area contributed by atoms with E-state index >= 15 is 0 Å². The summed E-state index contributed by atoms with van der Waals surface area (Å²) in [7, 11) is 0. The van der Waals surface area contributed by atoms with Gasteiger partial charge < -0.3 is 0 Å². The SMILES string of the molecule is O=C(Sc1ccccc1)C(c1ccccc1)C(F)(F)F. The molecule has 0 saturated heterocycles. The molecule has 20 heavy (non-hydrogen) atoms. The third-order valence-electron chi connectivity index (χ3n) is 2.66. The molecule has 0 heterocycles. The number of halogens is 3. The number of hydrogen-bond donors (Lipinski definition) is 0. The van der Waals surface area contributed by atoms with E-state index < -0.39 is 17.2 Å². The fraction of sp³-hybridized carbons (Fsp3) is 0.133. The quantitative estimate of drug-likeness (QED) is 0.767. The molecule has 0 aliphatic rings. The Labute approximate surface area is 118 Å². The first kappa shape index (κ1) is 14.7. The van der Waals surface area contributed by atoms with Gasteiger partial charge in [-0.25, -0.2) is 0 Å². The molecule has 1 unspecified atom stereocenters. The Morgan fingerprint density at radius 2 is 1.40 bits per heavy atom. The zero-order valence-corrected chi connectivity index (χ0v) is 11.1. The van der Waals surface area contributed by atoms with Crippen molar-refractivity contribution in [2.45, 2.75) is 17.0 Å². The van der Waals surface area contributed by atoms with Crippen LogP contribution in [0.5, 0.6) is 0 Å². The van der Waals surface area contributed by atoms with Gasteiger partial charge in [0.2, 0.25) is 5.12 Å². The highest BCUT2D eigenvalue weighted by Gasteiger charge is 2.45. The van der Waals surface area contributed by atoms with Crippen molar-refractivity contribution in [3.8, 4) is 0 Å². The Bertz CT molecular complexity index is 567. The average molecular weight is 296 g/mol. The minimum atomic E-state index is -4.60. The van der Waals surface area contributed by atoms with E-state index in [0.29, 0.717) is 16.7 Å². The van der Waals surface area contributed by atoms with Crippen LogP contribution in [0.15, 0.2) is 65.6 Å². The number of hydrogen-bond acceptors (Lipinski definition) is 2. The summed E-state index contributed by atoms with van der Waals surface area (Å²) in [6.07, 6.45) is -4.60. The lowest BCUT2D eigenvalue weighted by atomic mass is 10.0. The van der Waals surface area contributed by atoms with Crippen LogP contribution in [0.4, 0.5) is 13.2 Å². The lowest BCUT2D eigenvalue weighted by molar-refractivity contribution is -0.158. The molecule has 5 heteroatoms. The molecule has 0 saturated carbocycles. The van der Waals surface area contributed by atoms with Crippen LogP contribution >= 0.6 is 11.8 Å².